The third kappa shape index (κ3) is 3.45. The lowest BCUT2D eigenvalue weighted by molar-refractivity contribution is 0.210. The van der Waals surface area contributed by atoms with Crippen molar-refractivity contribution >= 4 is 11.5 Å². The molecule has 0 saturated carbocycles. The van der Waals surface area contributed by atoms with Crippen LogP contribution in [-0.4, -0.2) is 37.3 Å². The molecule has 0 amide bonds. The van der Waals surface area contributed by atoms with Gasteiger partial charge in [-0.3, -0.25) is 0 Å². The van der Waals surface area contributed by atoms with Crippen molar-refractivity contribution in [1.82, 2.24) is 9.97 Å². The number of rotatable bonds is 6. The summed E-state index contributed by atoms with van der Waals surface area (Å²) < 4.78 is 10.1. The molecule has 6 heteroatoms. The number of ether oxygens (including phenoxy) is 2. The van der Waals surface area contributed by atoms with Crippen LogP contribution in [-0.2, 0) is 4.74 Å². The van der Waals surface area contributed by atoms with Crippen LogP contribution in [0.3, 0.4) is 0 Å². The molecule has 0 aliphatic carbocycles. The highest BCUT2D eigenvalue weighted by Crippen LogP contribution is 2.27. The van der Waals surface area contributed by atoms with E-state index in [1.54, 1.807) is 14.2 Å². The molecule has 1 aromatic heterocycles. The summed E-state index contributed by atoms with van der Waals surface area (Å²) in [5.74, 6) is 1.92. The number of hydrogen-bond donors (Lipinski definition) is 2. The first-order valence-corrected chi connectivity index (χ1v) is 5.54. The molecule has 0 bridgehead atoms. The Labute approximate surface area is 102 Å². The SMILES string of the molecule is COCCNc1nc(C(C)C)nc(OC)c1N. The van der Waals surface area contributed by atoms with E-state index in [-0.39, 0.29) is 5.92 Å². The van der Waals surface area contributed by atoms with E-state index in [0.717, 1.165) is 0 Å². The van der Waals surface area contributed by atoms with Crippen molar-refractivity contribution in [1.29, 1.82) is 0 Å². The van der Waals surface area contributed by atoms with E-state index < -0.39 is 0 Å². The molecule has 1 heterocycles. The molecule has 96 valence electrons. The van der Waals surface area contributed by atoms with E-state index in [4.69, 9.17) is 15.2 Å². The van der Waals surface area contributed by atoms with Crippen molar-refractivity contribution in [2.45, 2.75) is 19.8 Å². The first-order valence-electron chi connectivity index (χ1n) is 5.54. The molecule has 0 saturated heterocycles. The van der Waals surface area contributed by atoms with Crippen LogP contribution >= 0.6 is 0 Å². The van der Waals surface area contributed by atoms with Crippen LogP contribution in [0.1, 0.15) is 25.6 Å². The summed E-state index contributed by atoms with van der Waals surface area (Å²) in [6.07, 6.45) is 0. The molecular weight excluding hydrogens is 220 g/mol. The minimum absolute atomic E-state index is 0.215. The van der Waals surface area contributed by atoms with Gasteiger partial charge in [0.2, 0.25) is 5.88 Å². The van der Waals surface area contributed by atoms with Crippen LogP contribution < -0.4 is 15.8 Å². The van der Waals surface area contributed by atoms with Gasteiger partial charge >= 0.3 is 0 Å². The number of hydrogen-bond acceptors (Lipinski definition) is 6. The normalized spacial score (nSPS) is 10.6. The van der Waals surface area contributed by atoms with E-state index in [0.29, 0.717) is 36.4 Å². The predicted molar refractivity (Wildman–Crippen MR) is 67.5 cm³/mol. The maximum absolute atomic E-state index is 5.89. The Balaban J connectivity index is 2.96. The van der Waals surface area contributed by atoms with Crippen molar-refractivity contribution in [3.63, 3.8) is 0 Å². The Bertz CT molecular complexity index is 369. The first kappa shape index (κ1) is 13.5. The lowest BCUT2D eigenvalue weighted by Gasteiger charge is -2.13. The Morgan fingerprint density at radius 3 is 2.53 bits per heavy atom. The number of methoxy groups -OCH3 is 2. The lowest BCUT2D eigenvalue weighted by Crippen LogP contribution is -2.14. The highest BCUT2D eigenvalue weighted by molar-refractivity contribution is 5.67. The molecule has 6 nitrogen and oxygen atoms in total. The minimum atomic E-state index is 0.215. The largest absolute Gasteiger partial charge is 0.479 e. The first-order chi connectivity index (χ1) is 8.10. The molecular formula is C11H20N4O2. The number of nitrogens with two attached hydrogens (primary N) is 1. The van der Waals surface area contributed by atoms with Crippen molar-refractivity contribution in [2.75, 3.05) is 38.4 Å². The summed E-state index contributed by atoms with van der Waals surface area (Å²) in [6, 6.07) is 0. The second-order valence-electron chi connectivity index (χ2n) is 3.93. The van der Waals surface area contributed by atoms with E-state index in [9.17, 15) is 0 Å². The molecule has 0 spiro atoms. The fourth-order valence-electron chi connectivity index (χ4n) is 1.29. The van der Waals surface area contributed by atoms with Gasteiger partial charge in [0.15, 0.2) is 5.82 Å². The quantitative estimate of drug-likeness (QED) is 0.728. The zero-order valence-corrected chi connectivity index (χ0v) is 10.8. The Morgan fingerprint density at radius 1 is 1.29 bits per heavy atom. The standard InChI is InChI=1S/C11H20N4O2/c1-7(2)9-14-10(13-5-6-16-3)8(12)11(15-9)17-4/h7H,5-6,12H2,1-4H3,(H,13,14,15). The molecule has 0 aromatic carbocycles. The Hall–Kier alpha value is -1.56. The maximum Gasteiger partial charge on any atom is 0.242 e. The van der Waals surface area contributed by atoms with Gasteiger partial charge in [0.1, 0.15) is 11.5 Å². The van der Waals surface area contributed by atoms with E-state index in [1.807, 2.05) is 13.8 Å². The van der Waals surface area contributed by atoms with Gasteiger partial charge in [0, 0.05) is 19.6 Å². The summed E-state index contributed by atoms with van der Waals surface area (Å²) in [6.45, 7) is 5.26. The van der Waals surface area contributed by atoms with Crippen molar-refractivity contribution in [2.24, 2.45) is 0 Å². The summed E-state index contributed by atoms with van der Waals surface area (Å²) in [5.41, 5.74) is 6.32. The third-order valence-electron chi connectivity index (χ3n) is 2.24. The molecule has 0 fully saturated rings. The van der Waals surface area contributed by atoms with E-state index in [1.165, 1.54) is 0 Å². The van der Waals surface area contributed by atoms with Crippen molar-refractivity contribution in [3.8, 4) is 5.88 Å². The monoisotopic (exact) mass is 240 g/mol. The maximum atomic E-state index is 5.89. The number of nitrogens with one attached hydrogen (secondary N) is 1. The molecule has 0 radical (unpaired) electrons. The highest BCUT2D eigenvalue weighted by atomic mass is 16.5. The van der Waals surface area contributed by atoms with Crippen LogP contribution in [0.5, 0.6) is 5.88 Å². The highest BCUT2D eigenvalue weighted by Gasteiger charge is 2.13. The van der Waals surface area contributed by atoms with E-state index in [2.05, 4.69) is 15.3 Å². The number of nitrogens with zero attached hydrogens (tertiary/aromatic N) is 2. The minimum Gasteiger partial charge on any atom is -0.479 e. The van der Waals surface area contributed by atoms with Crippen molar-refractivity contribution < 1.29 is 9.47 Å². The smallest absolute Gasteiger partial charge is 0.242 e. The van der Waals surface area contributed by atoms with Crippen LogP contribution in [0, 0.1) is 0 Å². The summed E-state index contributed by atoms with van der Waals surface area (Å²) in [5, 5.41) is 3.10. The number of aromatic nitrogens is 2. The second kappa shape index (κ2) is 6.24. The average Bonchev–Trinajstić information content (AvgIpc) is 2.31. The number of nitrogen functional groups attached to an aromatic ring is 1. The average molecular weight is 240 g/mol. The second-order valence-corrected chi connectivity index (χ2v) is 3.93. The van der Waals surface area contributed by atoms with Gasteiger partial charge in [-0.05, 0) is 0 Å². The molecule has 17 heavy (non-hydrogen) atoms. The van der Waals surface area contributed by atoms with Gasteiger partial charge in [-0.15, -0.1) is 0 Å². The Morgan fingerprint density at radius 2 is 2.00 bits per heavy atom. The van der Waals surface area contributed by atoms with Gasteiger partial charge in [-0.25, -0.2) is 4.98 Å². The molecule has 0 unspecified atom stereocenters. The lowest BCUT2D eigenvalue weighted by atomic mass is 10.2. The molecule has 1 aromatic rings. The van der Waals surface area contributed by atoms with Crippen LogP contribution in [0.2, 0.25) is 0 Å². The fraction of sp³-hybridized carbons (Fsp3) is 0.636. The van der Waals surface area contributed by atoms with Gasteiger partial charge in [0.25, 0.3) is 0 Å². The Kier molecular flexibility index (Phi) is 4.96. The van der Waals surface area contributed by atoms with Crippen LogP contribution in [0.15, 0.2) is 0 Å². The zero-order valence-electron chi connectivity index (χ0n) is 10.8. The molecule has 0 aliphatic rings. The van der Waals surface area contributed by atoms with Gasteiger partial charge in [0.05, 0.1) is 13.7 Å². The van der Waals surface area contributed by atoms with Gasteiger partial charge in [-0.1, -0.05) is 13.8 Å². The number of anilines is 2. The predicted octanol–water partition coefficient (Wildman–Crippen LogP) is 1.25. The summed E-state index contributed by atoms with van der Waals surface area (Å²) >= 11 is 0. The molecule has 0 atom stereocenters. The fourth-order valence-corrected chi connectivity index (χ4v) is 1.29. The van der Waals surface area contributed by atoms with Crippen molar-refractivity contribution in [3.05, 3.63) is 5.82 Å². The van der Waals surface area contributed by atoms with Crippen LogP contribution in [0.4, 0.5) is 11.5 Å². The van der Waals surface area contributed by atoms with Gasteiger partial charge < -0.3 is 20.5 Å². The topological polar surface area (TPSA) is 82.3 Å². The zero-order chi connectivity index (χ0) is 12.8. The summed E-state index contributed by atoms with van der Waals surface area (Å²) in [7, 11) is 3.19. The van der Waals surface area contributed by atoms with Crippen LogP contribution in [0.25, 0.3) is 0 Å². The third-order valence-corrected chi connectivity index (χ3v) is 2.24. The van der Waals surface area contributed by atoms with E-state index >= 15 is 0 Å². The van der Waals surface area contributed by atoms with Gasteiger partial charge in [-0.2, -0.15) is 4.98 Å². The molecule has 0 aliphatic heterocycles. The molecule has 3 N–H and O–H groups in total. The summed E-state index contributed by atoms with van der Waals surface area (Å²) in [4.78, 5) is 8.62. The molecule has 1 rings (SSSR count).